The van der Waals surface area contributed by atoms with E-state index in [2.05, 4.69) is 18.2 Å². The molecule has 1 N–H and O–H groups in total. The summed E-state index contributed by atoms with van der Waals surface area (Å²) in [5, 5.41) is 4.73. The van der Waals surface area contributed by atoms with Gasteiger partial charge in [0.2, 0.25) is 0 Å². The Hall–Kier alpha value is -0.680. The normalized spacial score (nSPS) is 12.1. The lowest BCUT2D eigenvalue weighted by molar-refractivity contribution is 0.505. The zero-order valence-electron chi connectivity index (χ0n) is 10.7. The summed E-state index contributed by atoms with van der Waals surface area (Å²) in [7, 11) is 0. The zero-order valence-corrected chi connectivity index (χ0v) is 12.2. The molecule has 0 aromatic heterocycles. The van der Waals surface area contributed by atoms with Crippen molar-refractivity contribution in [3.05, 3.63) is 33.8 Å². The average molecular weight is 284 g/mol. The second kappa shape index (κ2) is 8.43. The standard InChI is InChI=1S/C15H19Cl2N/c1-3-5-6-7-10-18-15(4-2)12-8-9-13(16)14(17)11-12/h1,8-9,11,15,18H,4-7,10H2,2H3. The van der Waals surface area contributed by atoms with Crippen molar-refractivity contribution in [3.63, 3.8) is 0 Å². The van der Waals surface area contributed by atoms with Gasteiger partial charge in [0.25, 0.3) is 0 Å². The molecule has 1 aromatic rings. The Labute approximate surface area is 120 Å². The van der Waals surface area contributed by atoms with Gasteiger partial charge in [0.05, 0.1) is 10.0 Å². The van der Waals surface area contributed by atoms with Gasteiger partial charge in [0.1, 0.15) is 0 Å². The lowest BCUT2D eigenvalue weighted by Gasteiger charge is -2.18. The summed E-state index contributed by atoms with van der Waals surface area (Å²) >= 11 is 12.0. The van der Waals surface area contributed by atoms with E-state index in [0.717, 1.165) is 32.2 Å². The number of unbranched alkanes of at least 4 members (excludes halogenated alkanes) is 2. The molecule has 0 radical (unpaired) electrons. The Morgan fingerprint density at radius 3 is 2.67 bits per heavy atom. The van der Waals surface area contributed by atoms with E-state index in [0.29, 0.717) is 16.1 Å². The molecule has 0 bridgehead atoms. The van der Waals surface area contributed by atoms with E-state index in [1.807, 2.05) is 18.2 Å². The zero-order chi connectivity index (χ0) is 13.4. The lowest BCUT2D eigenvalue weighted by atomic mass is 10.0. The van der Waals surface area contributed by atoms with Gasteiger partial charge < -0.3 is 5.32 Å². The Morgan fingerprint density at radius 2 is 2.06 bits per heavy atom. The van der Waals surface area contributed by atoms with Crippen LogP contribution in [0.4, 0.5) is 0 Å². The van der Waals surface area contributed by atoms with Crippen LogP contribution in [0.2, 0.25) is 10.0 Å². The van der Waals surface area contributed by atoms with Gasteiger partial charge in [0, 0.05) is 12.5 Å². The molecule has 1 unspecified atom stereocenters. The van der Waals surface area contributed by atoms with Gasteiger partial charge in [-0.15, -0.1) is 12.3 Å². The second-order valence-corrected chi connectivity index (χ2v) is 5.06. The third-order valence-electron chi connectivity index (χ3n) is 2.89. The van der Waals surface area contributed by atoms with Gasteiger partial charge in [-0.05, 0) is 43.5 Å². The first-order valence-corrected chi connectivity index (χ1v) is 7.06. The minimum atomic E-state index is 0.325. The molecule has 0 aliphatic rings. The summed E-state index contributed by atoms with van der Waals surface area (Å²) < 4.78 is 0. The smallest absolute Gasteiger partial charge is 0.0595 e. The molecule has 1 atom stereocenters. The number of nitrogens with one attached hydrogen (secondary N) is 1. The number of halogens is 2. The fourth-order valence-corrected chi connectivity index (χ4v) is 2.16. The van der Waals surface area contributed by atoms with Crippen molar-refractivity contribution in [3.8, 4) is 12.3 Å². The molecule has 0 aliphatic carbocycles. The maximum absolute atomic E-state index is 6.04. The van der Waals surface area contributed by atoms with Crippen LogP contribution in [0.3, 0.4) is 0 Å². The SMILES string of the molecule is C#CCCCCNC(CC)c1ccc(Cl)c(Cl)c1. The first-order chi connectivity index (χ1) is 8.69. The van der Waals surface area contributed by atoms with E-state index in [1.165, 1.54) is 5.56 Å². The van der Waals surface area contributed by atoms with Crippen LogP contribution < -0.4 is 5.32 Å². The number of hydrogen-bond acceptors (Lipinski definition) is 1. The summed E-state index contributed by atoms with van der Waals surface area (Å²) in [5.74, 6) is 2.66. The minimum Gasteiger partial charge on any atom is -0.310 e. The molecule has 3 heteroatoms. The molecular weight excluding hydrogens is 265 g/mol. The molecule has 98 valence electrons. The highest BCUT2D eigenvalue weighted by Gasteiger charge is 2.09. The number of hydrogen-bond donors (Lipinski definition) is 1. The van der Waals surface area contributed by atoms with Gasteiger partial charge in [-0.2, -0.15) is 0 Å². The molecule has 18 heavy (non-hydrogen) atoms. The van der Waals surface area contributed by atoms with E-state index in [1.54, 1.807) is 0 Å². The molecular formula is C15H19Cl2N. The van der Waals surface area contributed by atoms with Crippen molar-refractivity contribution in [2.75, 3.05) is 6.54 Å². The van der Waals surface area contributed by atoms with Gasteiger partial charge in [0.15, 0.2) is 0 Å². The van der Waals surface area contributed by atoms with Crippen LogP contribution in [0.15, 0.2) is 18.2 Å². The Bertz CT molecular complexity index is 409. The lowest BCUT2D eigenvalue weighted by Crippen LogP contribution is -2.21. The molecule has 0 spiro atoms. The number of rotatable bonds is 7. The summed E-state index contributed by atoms with van der Waals surface area (Å²) in [6.07, 6.45) is 9.26. The van der Waals surface area contributed by atoms with Crippen LogP contribution in [0.25, 0.3) is 0 Å². The molecule has 0 amide bonds. The quantitative estimate of drug-likeness (QED) is 0.558. The molecule has 0 fully saturated rings. The average Bonchev–Trinajstić information content (AvgIpc) is 2.37. The summed E-state index contributed by atoms with van der Waals surface area (Å²) in [5.41, 5.74) is 1.18. The molecule has 0 aliphatic heterocycles. The molecule has 0 heterocycles. The topological polar surface area (TPSA) is 12.0 Å². The van der Waals surface area contributed by atoms with Crippen molar-refractivity contribution < 1.29 is 0 Å². The van der Waals surface area contributed by atoms with Crippen LogP contribution in [-0.4, -0.2) is 6.54 Å². The summed E-state index contributed by atoms with van der Waals surface area (Å²) in [6, 6.07) is 6.14. The molecule has 1 rings (SSSR count). The highest BCUT2D eigenvalue weighted by molar-refractivity contribution is 6.42. The van der Waals surface area contributed by atoms with Crippen LogP contribution >= 0.6 is 23.2 Å². The summed E-state index contributed by atoms with van der Waals surface area (Å²) in [4.78, 5) is 0. The van der Waals surface area contributed by atoms with Gasteiger partial charge in [-0.25, -0.2) is 0 Å². The fraction of sp³-hybridized carbons (Fsp3) is 0.467. The molecule has 0 saturated carbocycles. The van der Waals surface area contributed by atoms with Gasteiger partial charge >= 0.3 is 0 Å². The second-order valence-electron chi connectivity index (χ2n) is 4.25. The van der Waals surface area contributed by atoms with E-state index >= 15 is 0 Å². The monoisotopic (exact) mass is 283 g/mol. The first kappa shape index (κ1) is 15.4. The Kier molecular flexibility index (Phi) is 7.20. The third-order valence-corrected chi connectivity index (χ3v) is 3.63. The van der Waals surface area contributed by atoms with Gasteiger partial charge in [-0.1, -0.05) is 36.2 Å². The van der Waals surface area contributed by atoms with E-state index in [-0.39, 0.29) is 0 Å². The van der Waals surface area contributed by atoms with Crippen LogP contribution in [0.1, 0.15) is 44.2 Å². The van der Waals surface area contributed by atoms with E-state index in [4.69, 9.17) is 29.6 Å². The highest BCUT2D eigenvalue weighted by Crippen LogP contribution is 2.26. The maximum atomic E-state index is 6.04. The van der Waals surface area contributed by atoms with Crippen molar-refractivity contribution >= 4 is 23.2 Å². The van der Waals surface area contributed by atoms with Crippen molar-refractivity contribution in [2.24, 2.45) is 0 Å². The maximum Gasteiger partial charge on any atom is 0.0595 e. The Balaban J connectivity index is 2.50. The fourth-order valence-electron chi connectivity index (χ4n) is 1.86. The molecule has 1 nitrogen and oxygen atoms in total. The number of benzene rings is 1. The third kappa shape index (κ3) is 4.90. The predicted octanol–water partition coefficient (Wildman–Crippen LogP) is 4.84. The summed E-state index contributed by atoms with van der Waals surface area (Å²) in [6.45, 7) is 3.13. The highest BCUT2D eigenvalue weighted by atomic mass is 35.5. The van der Waals surface area contributed by atoms with E-state index in [9.17, 15) is 0 Å². The van der Waals surface area contributed by atoms with Crippen molar-refractivity contribution in [1.82, 2.24) is 5.32 Å². The van der Waals surface area contributed by atoms with Crippen molar-refractivity contribution in [1.29, 1.82) is 0 Å². The van der Waals surface area contributed by atoms with Crippen LogP contribution in [-0.2, 0) is 0 Å². The van der Waals surface area contributed by atoms with Crippen LogP contribution in [0.5, 0.6) is 0 Å². The largest absolute Gasteiger partial charge is 0.310 e. The minimum absolute atomic E-state index is 0.325. The van der Waals surface area contributed by atoms with Crippen molar-refractivity contribution in [2.45, 2.75) is 38.6 Å². The number of terminal acetylenes is 1. The molecule has 1 aromatic carbocycles. The van der Waals surface area contributed by atoms with Gasteiger partial charge in [-0.3, -0.25) is 0 Å². The van der Waals surface area contributed by atoms with E-state index < -0.39 is 0 Å². The van der Waals surface area contributed by atoms with Crippen LogP contribution in [0, 0.1) is 12.3 Å². The predicted molar refractivity (Wildman–Crippen MR) is 80.2 cm³/mol. The Morgan fingerprint density at radius 1 is 1.28 bits per heavy atom. The molecule has 0 saturated heterocycles. The first-order valence-electron chi connectivity index (χ1n) is 6.30.